The Morgan fingerprint density at radius 2 is 1.91 bits per heavy atom. The van der Waals surface area contributed by atoms with E-state index in [1.54, 1.807) is 7.05 Å². The lowest BCUT2D eigenvalue weighted by molar-refractivity contribution is 0.0693. The van der Waals surface area contributed by atoms with Gasteiger partial charge in [0.2, 0.25) is 5.88 Å². The molecule has 0 spiro atoms. The van der Waals surface area contributed by atoms with Gasteiger partial charge in [-0.25, -0.2) is 18.4 Å². The number of rotatable bonds is 9. The molecule has 2 amide bonds. The number of carbonyl (C=O) groups excluding carboxylic acids is 1. The molecule has 1 aromatic carbocycles. The van der Waals surface area contributed by atoms with E-state index in [9.17, 15) is 23.5 Å². The van der Waals surface area contributed by atoms with Gasteiger partial charge in [-0.1, -0.05) is 11.6 Å². The fraction of sp³-hybridized carbons (Fsp3) is 0.476. The second kappa shape index (κ2) is 11.7. The smallest absolute Gasteiger partial charge is 0.344 e. The molecule has 0 atom stereocenters. The number of nitrogens with one attached hydrogen (secondary N) is 1. The van der Waals surface area contributed by atoms with Crippen molar-refractivity contribution in [3.63, 3.8) is 0 Å². The molecular weight excluding hydrogens is 492 g/mol. The normalized spacial score (nSPS) is 14.7. The predicted octanol–water partition coefficient (Wildman–Crippen LogP) is 3.45. The van der Waals surface area contributed by atoms with Crippen LogP contribution in [0.3, 0.4) is 0 Å². The van der Waals surface area contributed by atoms with Crippen LogP contribution in [0.4, 0.5) is 18.6 Å². The number of carboxylic acid groups (broad SMARTS) is 1. The average Bonchev–Trinajstić information content (AvgIpc) is 3.16. The second-order valence-corrected chi connectivity index (χ2v) is 9.19. The molecule has 0 saturated carbocycles. The Labute approximate surface area is 205 Å². The van der Waals surface area contributed by atoms with Gasteiger partial charge in [-0.3, -0.25) is 5.32 Å². The zero-order chi connectivity index (χ0) is 24.8. The summed E-state index contributed by atoms with van der Waals surface area (Å²) in [6, 6.07) is 1.35. The molecule has 0 unspecified atom stereocenters. The number of benzene rings is 1. The van der Waals surface area contributed by atoms with Gasteiger partial charge < -0.3 is 24.5 Å². The Kier molecular flexibility index (Phi) is 9.00. The van der Waals surface area contributed by atoms with Crippen molar-refractivity contribution in [2.45, 2.75) is 13.0 Å². The Bertz CT molecular complexity index is 1010. The summed E-state index contributed by atoms with van der Waals surface area (Å²) < 4.78 is 37.1. The predicted molar refractivity (Wildman–Crippen MR) is 125 cm³/mol. The molecule has 0 aliphatic carbocycles. The van der Waals surface area contributed by atoms with E-state index in [1.807, 2.05) is 0 Å². The highest BCUT2D eigenvalue weighted by atomic mass is 35.5. The Hall–Kier alpha value is -2.54. The first-order chi connectivity index (χ1) is 16.2. The van der Waals surface area contributed by atoms with Crippen LogP contribution in [0.15, 0.2) is 12.1 Å². The molecule has 0 radical (unpaired) electrons. The quantitative estimate of drug-likeness (QED) is 0.525. The van der Waals surface area contributed by atoms with E-state index >= 15 is 0 Å². The first kappa shape index (κ1) is 26.1. The number of ether oxygens (including phenoxy) is 1. The van der Waals surface area contributed by atoms with Crippen LogP contribution < -0.4 is 10.1 Å². The summed E-state index contributed by atoms with van der Waals surface area (Å²) in [5, 5.41) is 12.0. The van der Waals surface area contributed by atoms with Crippen LogP contribution in [0.25, 0.3) is 0 Å². The molecule has 1 aliphatic rings. The van der Waals surface area contributed by atoms with Crippen molar-refractivity contribution >= 4 is 40.1 Å². The maximum absolute atomic E-state index is 14.0. The van der Waals surface area contributed by atoms with Crippen LogP contribution in [0.2, 0.25) is 5.02 Å². The fourth-order valence-corrected chi connectivity index (χ4v) is 4.30. The number of aromatic carboxylic acids is 1. The molecule has 9 nitrogen and oxygen atoms in total. The number of amides is 2. The summed E-state index contributed by atoms with van der Waals surface area (Å²) >= 11 is 6.31. The zero-order valence-corrected chi connectivity index (χ0v) is 20.4. The number of hydrogen-bond acceptors (Lipinski definition) is 7. The Morgan fingerprint density at radius 1 is 1.26 bits per heavy atom. The molecule has 13 heteroatoms. The lowest BCUT2D eigenvalue weighted by Gasteiger charge is -2.32. The van der Waals surface area contributed by atoms with Gasteiger partial charge in [-0.2, -0.15) is 4.37 Å². The van der Waals surface area contributed by atoms with Crippen molar-refractivity contribution in [3.8, 4) is 5.88 Å². The van der Waals surface area contributed by atoms with Gasteiger partial charge in [0.05, 0.1) is 5.56 Å². The highest BCUT2D eigenvalue weighted by Gasteiger charge is 2.25. The number of halogens is 3. The van der Waals surface area contributed by atoms with Crippen molar-refractivity contribution in [1.29, 1.82) is 0 Å². The first-order valence-electron chi connectivity index (χ1n) is 10.6. The van der Waals surface area contributed by atoms with E-state index in [0.29, 0.717) is 18.1 Å². The van der Waals surface area contributed by atoms with E-state index in [1.165, 1.54) is 4.90 Å². The summed E-state index contributed by atoms with van der Waals surface area (Å²) in [6.45, 7) is 4.75. The first-order valence-corrected chi connectivity index (χ1v) is 11.7. The standard InChI is InChI=1S/C21H26ClF2N5O4S/c1-27-6-8-29(9-7-27)5-3-4-28(2)21(32)25-19-17(20(30)31)18(26-34-19)33-12-14-15(23)10-13(22)11-16(14)24/h10-11H,3-9,12H2,1-2H3,(H,25,32)(H,30,31). The molecule has 34 heavy (non-hydrogen) atoms. The van der Waals surface area contributed by atoms with E-state index in [2.05, 4.69) is 26.5 Å². The number of urea groups is 1. The van der Waals surface area contributed by atoms with Crippen LogP contribution in [0, 0.1) is 11.6 Å². The summed E-state index contributed by atoms with van der Waals surface area (Å²) in [4.78, 5) is 30.4. The number of likely N-dealkylation sites (N-methyl/N-ethyl adjacent to an activating group) is 1. The van der Waals surface area contributed by atoms with E-state index in [0.717, 1.165) is 51.3 Å². The molecule has 2 N–H and O–H groups in total. The maximum Gasteiger partial charge on any atom is 0.344 e. The van der Waals surface area contributed by atoms with Crippen LogP contribution in [-0.2, 0) is 6.61 Å². The Morgan fingerprint density at radius 3 is 2.53 bits per heavy atom. The number of hydrogen-bond donors (Lipinski definition) is 2. The molecule has 2 heterocycles. The van der Waals surface area contributed by atoms with Crippen molar-refractivity contribution in [2.24, 2.45) is 0 Å². The summed E-state index contributed by atoms with van der Waals surface area (Å²) in [6.07, 6.45) is 0.773. The average molecular weight is 518 g/mol. The van der Waals surface area contributed by atoms with Crippen LogP contribution in [0.1, 0.15) is 22.3 Å². The van der Waals surface area contributed by atoms with Gasteiger partial charge in [-0.05, 0) is 43.7 Å². The molecular formula is C21H26ClF2N5O4S. The number of carbonyl (C=O) groups is 2. The maximum atomic E-state index is 14.0. The van der Waals surface area contributed by atoms with Gasteiger partial charge in [0, 0.05) is 44.8 Å². The minimum Gasteiger partial charge on any atom is -0.477 e. The number of aromatic nitrogens is 1. The summed E-state index contributed by atoms with van der Waals surface area (Å²) in [7, 11) is 3.70. The highest BCUT2D eigenvalue weighted by Crippen LogP contribution is 2.32. The number of piperazine rings is 1. The largest absolute Gasteiger partial charge is 0.477 e. The third-order valence-electron chi connectivity index (χ3n) is 5.46. The van der Waals surface area contributed by atoms with Gasteiger partial charge in [0.15, 0.2) is 5.56 Å². The molecule has 3 rings (SSSR count). The summed E-state index contributed by atoms with van der Waals surface area (Å²) in [5.41, 5.74) is -0.807. The van der Waals surface area contributed by atoms with Crippen LogP contribution in [0.5, 0.6) is 5.88 Å². The van der Waals surface area contributed by atoms with Crippen LogP contribution >= 0.6 is 23.1 Å². The van der Waals surface area contributed by atoms with Gasteiger partial charge >= 0.3 is 12.0 Å². The van der Waals surface area contributed by atoms with Gasteiger partial charge in [0.25, 0.3) is 0 Å². The minimum absolute atomic E-state index is 0.0320. The molecule has 1 saturated heterocycles. The van der Waals surface area contributed by atoms with Crippen molar-refractivity contribution < 1.29 is 28.2 Å². The third kappa shape index (κ3) is 6.75. The topological polar surface area (TPSA) is 98.2 Å². The SMILES string of the molecule is CN1CCN(CCCN(C)C(=O)Nc2snc(OCc3c(F)cc(Cl)cc3F)c2C(=O)O)CC1. The summed E-state index contributed by atoms with van der Waals surface area (Å²) in [5.74, 6) is -3.60. The molecule has 0 bridgehead atoms. The molecule has 1 fully saturated rings. The Balaban J connectivity index is 1.57. The molecule has 2 aromatic rings. The van der Waals surface area contributed by atoms with Crippen LogP contribution in [-0.4, -0.2) is 89.5 Å². The lowest BCUT2D eigenvalue weighted by Crippen LogP contribution is -2.45. The zero-order valence-electron chi connectivity index (χ0n) is 18.8. The third-order valence-corrected chi connectivity index (χ3v) is 6.43. The van der Waals surface area contributed by atoms with E-state index in [-0.39, 0.29) is 21.5 Å². The number of anilines is 1. The highest BCUT2D eigenvalue weighted by molar-refractivity contribution is 7.11. The molecule has 1 aromatic heterocycles. The van der Waals surface area contributed by atoms with E-state index < -0.39 is 35.8 Å². The number of carboxylic acids is 1. The fourth-order valence-electron chi connectivity index (χ4n) is 3.40. The minimum atomic E-state index is -1.39. The number of nitrogens with zero attached hydrogens (tertiary/aromatic N) is 4. The lowest BCUT2D eigenvalue weighted by atomic mass is 10.2. The monoisotopic (exact) mass is 517 g/mol. The van der Waals surface area contributed by atoms with Crippen molar-refractivity contribution in [3.05, 3.63) is 39.9 Å². The van der Waals surface area contributed by atoms with Crippen molar-refractivity contribution in [1.82, 2.24) is 19.1 Å². The molecule has 1 aliphatic heterocycles. The second-order valence-electron chi connectivity index (χ2n) is 7.98. The molecule has 186 valence electrons. The van der Waals surface area contributed by atoms with E-state index in [4.69, 9.17) is 16.3 Å². The van der Waals surface area contributed by atoms with Crippen molar-refractivity contribution in [2.75, 3.05) is 58.7 Å². The van der Waals surface area contributed by atoms with Gasteiger partial charge in [0.1, 0.15) is 23.2 Å². The van der Waals surface area contributed by atoms with Gasteiger partial charge in [-0.15, -0.1) is 0 Å².